The van der Waals surface area contributed by atoms with Crippen molar-refractivity contribution in [3.05, 3.63) is 11.6 Å². The van der Waals surface area contributed by atoms with Gasteiger partial charge in [0.2, 0.25) is 6.29 Å². The van der Waals surface area contributed by atoms with E-state index in [4.69, 9.17) is 66.3 Å². The number of carbonyl (C=O) groups is 4. The highest BCUT2D eigenvalue weighted by molar-refractivity contribution is 5.79. The summed E-state index contributed by atoms with van der Waals surface area (Å²) >= 11 is 0. The fraction of sp³-hybridized carbons (Fsp3) is 0.912. The lowest BCUT2D eigenvalue weighted by Crippen LogP contribution is -2.71. The zero-order valence-corrected chi connectivity index (χ0v) is 59.0. The second-order valence-corrected chi connectivity index (χ2v) is 32.0. The number of carbonyl (C=O) groups excluding carboxylic acids is 3. The van der Waals surface area contributed by atoms with Crippen molar-refractivity contribution in [2.45, 2.75) is 304 Å². The van der Waals surface area contributed by atoms with Crippen LogP contribution < -0.4 is 0 Å². The van der Waals surface area contributed by atoms with Crippen molar-refractivity contribution in [3.8, 4) is 0 Å². The number of ether oxygens (including phenoxy) is 14. The summed E-state index contributed by atoms with van der Waals surface area (Å²) in [5.74, 6) is -5.60. The summed E-state index contributed by atoms with van der Waals surface area (Å²) in [6.45, 7) is 11.4. The van der Waals surface area contributed by atoms with Gasteiger partial charge in [0.1, 0.15) is 110 Å². The fourth-order valence-electron chi connectivity index (χ4n) is 19.7. The molecule has 17 N–H and O–H groups in total. The Hall–Kier alpha value is -3.46. The minimum Gasteiger partial charge on any atom is -0.481 e. The quantitative estimate of drug-likeness (QED) is 0.0265. The van der Waals surface area contributed by atoms with E-state index in [0.29, 0.717) is 25.7 Å². The number of fused-ring (bicyclic) bond motifs is 7. The van der Waals surface area contributed by atoms with Gasteiger partial charge in [-0.3, -0.25) is 19.2 Å². The molecule has 0 spiro atoms. The smallest absolute Gasteiger partial charge is 0.315 e. The van der Waals surface area contributed by atoms with E-state index in [2.05, 4.69) is 20.8 Å². The van der Waals surface area contributed by atoms with Crippen molar-refractivity contribution in [3.63, 3.8) is 0 Å². The molecule has 0 radical (unpaired) electrons. The topological polar surface area (TPSA) is 541 Å². The van der Waals surface area contributed by atoms with Crippen molar-refractivity contribution < 1.29 is 172 Å². The number of rotatable bonds is 18. The van der Waals surface area contributed by atoms with Gasteiger partial charge in [-0.25, -0.2) is 0 Å². The maximum atomic E-state index is 16.0. The van der Waals surface area contributed by atoms with E-state index in [1.807, 2.05) is 13.0 Å². The maximum absolute atomic E-state index is 16.0. The summed E-state index contributed by atoms with van der Waals surface area (Å²) < 4.78 is 84.0. The van der Waals surface area contributed by atoms with Gasteiger partial charge in [0.25, 0.3) is 0 Å². The molecule has 11 rings (SSSR count). The predicted molar refractivity (Wildman–Crippen MR) is 337 cm³/mol. The summed E-state index contributed by atoms with van der Waals surface area (Å²) in [5.41, 5.74) is -5.65. The molecule has 0 bridgehead atoms. The van der Waals surface area contributed by atoms with Crippen LogP contribution in [0.4, 0.5) is 0 Å². The lowest BCUT2D eigenvalue weighted by atomic mass is 9.33. The average Bonchev–Trinajstić information content (AvgIpc) is 0.669. The van der Waals surface area contributed by atoms with E-state index in [-0.39, 0.29) is 38.7 Å². The van der Waals surface area contributed by atoms with E-state index in [1.54, 1.807) is 0 Å². The molecule has 10 fully saturated rings. The van der Waals surface area contributed by atoms with Gasteiger partial charge in [0, 0.05) is 19.3 Å². The van der Waals surface area contributed by atoms with Crippen LogP contribution in [-0.2, 0) is 85.5 Å². The minimum atomic E-state index is -2.15. The summed E-state index contributed by atoms with van der Waals surface area (Å²) in [6.07, 6.45) is -47.6. The highest BCUT2D eigenvalue weighted by Gasteiger charge is 2.74. The fourth-order valence-corrected chi connectivity index (χ4v) is 19.7. The number of hydrogen-bond acceptors (Lipinski definition) is 34. The van der Waals surface area contributed by atoms with Crippen LogP contribution in [0, 0.1) is 50.2 Å². The Morgan fingerprint density at radius 2 is 1.02 bits per heavy atom. The number of esters is 3. The Bertz CT molecular complexity index is 3030. The third-order valence-electron chi connectivity index (χ3n) is 25.4. The molecule has 35 nitrogen and oxygen atoms in total. The maximum Gasteiger partial charge on any atom is 0.315 e. The molecule has 103 heavy (non-hydrogen) atoms. The van der Waals surface area contributed by atoms with E-state index < -0.39 is 285 Å². The third-order valence-corrected chi connectivity index (χ3v) is 25.4. The van der Waals surface area contributed by atoms with Crippen molar-refractivity contribution >= 4 is 23.9 Å². The molecule has 0 aromatic carbocycles. The lowest BCUT2D eigenvalue weighted by Gasteiger charge is -2.71. The first-order valence-corrected chi connectivity index (χ1v) is 35.6. The van der Waals surface area contributed by atoms with E-state index >= 15 is 4.79 Å². The number of carboxylic acids is 1. The minimum absolute atomic E-state index is 0.00947. The molecule has 11 aliphatic rings. The third kappa shape index (κ3) is 14.1. The second-order valence-electron chi connectivity index (χ2n) is 32.0. The summed E-state index contributed by atoms with van der Waals surface area (Å²) in [6, 6.07) is 0. The molecule has 6 saturated heterocycles. The summed E-state index contributed by atoms with van der Waals surface area (Å²) in [5, 5.41) is 187. The molecule has 6 heterocycles. The lowest BCUT2D eigenvalue weighted by molar-refractivity contribution is -0.388. The Balaban J connectivity index is 0.850. The molecule has 0 aromatic heterocycles. The monoisotopic (exact) mass is 1480 g/mol. The van der Waals surface area contributed by atoms with Crippen molar-refractivity contribution in [1.29, 1.82) is 0 Å². The number of carboxylic acid groups (broad SMARTS) is 1. The molecule has 6 aliphatic heterocycles. The molecule has 35 heteroatoms. The van der Waals surface area contributed by atoms with E-state index in [0.717, 1.165) is 19.4 Å². The zero-order valence-electron chi connectivity index (χ0n) is 59.0. The van der Waals surface area contributed by atoms with Crippen LogP contribution >= 0.6 is 0 Å². The molecular weight excluding hydrogens is 1380 g/mol. The Morgan fingerprint density at radius 3 is 1.62 bits per heavy atom. The molecule has 588 valence electrons. The molecule has 5 aliphatic carbocycles. The SMILES string of the molecule is CC(=O)O[C@H]1[C@H](O[C@H]2O[C@H](C)[C@@H](O[C@@H]3OC[C@@H](O[C@@H]4O[C@H](CO)[C@H](O)[C@H](O)[C@H]4O)[C@H](O[C@@H]4OC[C@@H](O)[C@H](O)[C@H]4O)[C@H]3O)[C@H](O)[C@@H]2O)[C@@H](OC(=O)[C@]23CCC(C)(C)C[C@H]2C2=CC[C@@H]4[C@@]5(C)C[C@H](O)[C@H](O[C@@H]6O[C@H](CO)[C@@H](O)[C@H](O)[C@H]6O)[C@@](C)(C(=O)O)[C@@H]5CC[C@@]4(C)[C@]2(CO)CC3)O[C@@H](C)[C@H]1OC(C)=O. The van der Waals surface area contributed by atoms with E-state index in [1.165, 1.54) is 20.8 Å². The highest BCUT2D eigenvalue weighted by atomic mass is 16.8. The largest absolute Gasteiger partial charge is 0.481 e. The van der Waals surface area contributed by atoms with Crippen LogP contribution in [0.1, 0.15) is 120 Å². The number of aliphatic hydroxyl groups excluding tert-OH is 16. The normalized spacial score (nSPS) is 52.0. The molecule has 0 amide bonds. The van der Waals surface area contributed by atoms with Crippen LogP contribution in [0.5, 0.6) is 0 Å². The zero-order chi connectivity index (χ0) is 75.4. The van der Waals surface area contributed by atoms with Gasteiger partial charge >= 0.3 is 23.9 Å². The van der Waals surface area contributed by atoms with Crippen LogP contribution in [0.2, 0.25) is 0 Å². The second kappa shape index (κ2) is 30.4. The van der Waals surface area contributed by atoms with Gasteiger partial charge in [0.15, 0.2) is 49.8 Å². The number of aliphatic carboxylic acids is 1. The number of hydrogen-bond donors (Lipinski definition) is 17. The van der Waals surface area contributed by atoms with Gasteiger partial charge in [-0.1, -0.05) is 39.3 Å². The van der Waals surface area contributed by atoms with Crippen molar-refractivity contribution in [1.82, 2.24) is 0 Å². The first kappa shape index (κ1) is 80.6. The van der Waals surface area contributed by atoms with Crippen LogP contribution in [0.15, 0.2) is 11.6 Å². The first-order valence-electron chi connectivity index (χ1n) is 35.6. The molecule has 38 atom stereocenters. The Labute approximate surface area is 593 Å². The van der Waals surface area contributed by atoms with Crippen LogP contribution in [0.3, 0.4) is 0 Å². The van der Waals surface area contributed by atoms with Gasteiger partial charge in [-0.05, 0) is 113 Å². The standard InChI is InChI=1S/C68H106O35/c1-25-49(99-56-48(86)51(100-55-44(82)38(76)32(75)22-90-55)35(23-91-56)98-58-45(83)41(79)39(77)33(20-69)96-58)43(81)47(85)57(92-25)101-53-52(95-28(4)73)50(94-27(3)72)26(2)93-60(53)103-62(89)67-15-14-63(5,6)18-30(67)29-10-11-36-64(7)19-31(74)54(102-59-46(84)42(80)40(78)34(21-70)97-59)66(9,61(87)88)37(64)12-13-65(36,8)68(29,24-71)17-16-67/h10,25-26,30-60,69-71,74-86H,11-24H2,1-9H3,(H,87,88)/t25-,26+,30+,31+,32-,33-,34-,35-,36-,37-,38+,39+,40-,41+,42+,43-,44-,45-,46-,47+,48-,49-,50-,51+,52-,53+,54+,55+,56+,57-,58+,59+,60-,64-,65-,66+,67+,68+/m1/s1. The number of allylic oxidation sites excluding steroid dienone is 1. The van der Waals surface area contributed by atoms with Crippen molar-refractivity contribution in [2.75, 3.05) is 33.0 Å². The van der Waals surface area contributed by atoms with Gasteiger partial charge in [0.05, 0.1) is 62.2 Å². The Kier molecular flexibility index (Phi) is 23.8. The molecule has 0 aromatic rings. The Morgan fingerprint density at radius 1 is 0.495 bits per heavy atom. The van der Waals surface area contributed by atoms with Crippen molar-refractivity contribution in [2.24, 2.45) is 50.2 Å². The predicted octanol–water partition coefficient (Wildman–Crippen LogP) is -4.90. The molecular formula is C68H106O35. The average molecular weight is 1480 g/mol. The summed E-state index contributed by atoms with van der Waals surface area (Å²) in [7, 11) is 0. The first-order chi connectivity index (χ1) is 48.3. The van der Waals surface area contributed by atoms with Crippen LogP contribution in [0.25, 0.3) is 0 Å². The molecule has 0 unspecified atom stereocenters. The van der Waals surface area contributed by atoms with Gasteiger partial charge in [-0.15, -0.1) is 0 Å². The number of aliphatic hydroxyl groups is 16. The van der Waals surface area contributed by atoms with E-state index in [9.17, 15) is 101 Å². The van der Waals surface area contributed by atoms with Gasteiger partial charge < -0.3 is 153 Å². The summed E-state index contributed by atoms with van der Waals surface area (Å²) in [4.78, 5) is 55.9. The van der Waals surface area contributed by atoms with Crippen LogP contribution in [-0.4, -0.2) is 328 Å². The molecule has 4 saturated carbocycles. The highest BCUT2D eigenvalue weighted by Crippen LogP contribution is 2.76. The van der Waals surface area contributed by atoms with Gasteiger partial charge in [-0.2, -0.15) is 0 Å².